The van der Waals surface area contributed by atoms with Crippen molar-refractivity contribution in [3.63, 3.8) is 0 Å². The van der Waals surface area contributed by atoms with Gasteiger partial charge in [0, 0.05) is 20.0 Å². The highest BCUT2D eigenvalue weighted by Gasteiger charge is 2.27. The first-order chi connectivity index (χ1) is 15.6. The van der Waals surface area contributed by atoms with Gasteiger partial charge in [-0.15, -0.1) is 0 Å². The summed E-state index contributed by atoms with van der Waals surface area (Å²) in [4.78, 5) is 33.2. The molecule has 2 atom stereocenters. The highest BCUT2D eigenvalue weighted by molar-refractivity contribution is 5.78. The summed E-state index contributed by atoms with van der Waals surface area (Å²) in [6.07, 6.45) is 2.22. The van der Waals surface area contributed by atoms with Crippen LogP contribution in [0.5, 0.6) is 0 Å². The molecule has 176 valence electrons. The minimum Gasteiger partial charge on any atom is -0.332 e. The van der Waals surface area contributed by atoms with Crippen LogP contribution in [0.4, 0.5) is 0 Å². The third kappa shape index (κ3) is 6.31. The molecule has 2 unspecified atom stereocenters. The van der Waals surface area contributed by atoms with E-state index in [0.717, 1.165) is 12.8 Å². The maximum atomic E-state index is 13.5. The molecule has 0 saturated carbocycles. The first-order valence-electron chi connectivity index (χ1n) is 11.9. The molecule has 0 aliphatic heterocycles. The standard InChI is InChI=1S/C28H37N3O2/c1-20(19-28(3,4)5)18-25(32)31(17-16-22-12-8-7-9-13-22)21(2)26-29-24-15-11-10-14-23(24)27(33)30(26)6/h7-15,20-21H,16-19H2,1-6H3. The van der Waals surface area contributed by atoms with Gasteiger partial charge in [0.1, 0.15) is 5.82 Å². The van der Waals surface area contributed by atoms with E-state index in [-0.39, 0.29) is 28.8 Å². The van der Waals surface area contributed by atoms with E-state index in [1.54, 1.807) is 17.7 Å². The quantitative estimate of drug-likeness (QED) is 0.456. The molecule has 0 spiro atoms. The molecule has 3 rings (SSSR count). The number of aromatic nitrogens is 2. The van der Waals surface area contributed by atoms with E-state index in [1.807, 2.05) is 48.2 Å². The van der Waals surface area contributed by atoms with Crippen molar-refractivity contribution < 1.29 is 4.79 Å². The van der Waals surface area contributed by atoms with E-state index >= 15 is 0 Å². The topological polar surface area (TPSA) is 55.2 Å². The third-order valence-electron chi connectivity index (χ3n) is 6.15. The Morgan fingerprint density at radius 1 is 1.03 bits per heavy atom. The lowest BCUT2D eigenvalue weighted by Gasteiger charge is -2.32. The maximum Gasteiger partial charge on any atom is 0.261 e. The van der Waals surface area contributed by atoms with Gasteiger partial charge < -0.3 is 4.90 Å². The van der Waals surface area contributed by atoms with Crippen LogP contribution in [0.3, 0.4) is 0 Å². The number of para-hydroxylation sites is 1. The zero-order valence-electron chi connectivity index (χ0n) is 20.8. The fourth-order valence-corrected chi connectivity index (χ4v) is 4.71. The predicted molar refractivity (Wildman–Crippen MR) is 135 cm³/mol. The van der Waals surface area contributed by atoms with Gasteiger partial charge in [-0.1, -0.05) is 70.2 Å². The third-order valence-corrected chi connectivity index (χ3v) is 6.15. The van der Waals surface area contributed by atoms with Gasteiger partial charge >= 0.3 is 0 Å². The molecule has 2 aromatic carbocycles. The van der Waals surface area contributed by atoms with Gasteiger partial charge in [0.2, 0.25) is 5.91 Å². The molecule has 1 heterocycles. The summed E-state index contributed by atoms with van der Waals surface area (Å²) < 4.78 is 1.59. The van der Waals surface area contributed by atoms with E-state index in [4.69, 9.17) is 4.98 Å². The number of rotatable bonds is 8. The van der Waals surface area contributed by atoms with Gasteiger partial charge in [-0.05, 0) is 48.8 Å². The highest BCUT2D eigenvalue weighted by Crippen LogP contribution is 2.28. The van der Waals surface area contributed by atoms with Crippen LogP contribution in [0, 0.1) is 11.3 Å². The average molecular weight is 448 g/mol. The summed E-state index contributed by atoms with van der Waals surface area (Å²) in [5, 5.41) is 0.594. The lowest BCUT2D eigenvalue weighted by Crippen LogP contribution is -2.39. The fraction of sp³-hybridized carbons (Fsp3) is 0.464. The number of carbonyl (C=O) groups is 1. The second kappa shape index (κ2) is 10.3. The minimum absolute atomic E-state index is 0.0843. The summed E-state index contributed by atoms with van der Waals surface area (Å²) in [6.45, 7) is 11.3. The summed E-state index contributed by atoms with van der Waals surface area (Å²) in [7, 11) is 1.75. The first kappa shape index (κ1) is 24.7. The molecular weight excluding hydrogens is 410 g/mol. The van der Waals surface area contributed by atoms with E-state index in [0.29, 0.717) is 29.7 Å². The zero-order chi connectivity index (χ0) is 24.2. The van der Waals surface area contributed by atoms with Crippen LogP contribution in [-0.4, -0.2) is 26.9 Å². The van der Waals surface area contributed by atoms with Crippen LogP contribution < -0.4 is 5.56 Å². The summed E-state index contributed by atoms with van der Waals surface area (Å²) in [6, 6.07) is 17.3. The van der Waals surface area contributed by atoms with Crippen molar-refractivity contribution in [3.05, 3.63) is 76.3 Å². The summed E-state index contributed by atoms with van der Waals surface area (Å²) in [5.41, 5.74) is 1.94. The van der Waals surface area contributed by atoms with E-state index in [1.165, 1.54) is 5.56 Å². The Morgan fingerprint density at radius 3 is 2.33 bits per heavy atom. The van der Waals surface area contributed by atoms with Gasteiger partial charge in [0.25, 0.3) is 5.56 Å². The van der Waals surface area contributed by atoms with Crippen LogP contribution in [0.2, 0.25) is 0 Å². The molecular formula is C28H37N3O2. The fourth-order valence-electron chi connectivity index (χ4n) is 4.71. The summed E-state index contributed by atoms with van der Waals surface area (Å²) >= 11 is 0. The van der Waals surface area contributed by atoms with E-state index < -0.39 is 0 Å². The Hall–Kier alpha value is -2.95. The van der Waals surface area contributed by atoms with Crippen LogP contribution in [0.15, 0.2) is 59.4 Å². The Balaban J connectivity index is 1.92. The van der Waals surface area contributed by atoms with Crippen LogP contribution in [0.1, 0.15) is 64.9 Å². The zero-order valence-corrected chi connectivity index (χ0v) is 20.8. The Bertz CT molecular complexity index is 1150. The second-order valence-electron chi connectivity index (χ2n) is 10.4. The smallest absolute Gasteiger partial charge is 0.261 e. The van der Waals surface area contributed by atoms with Gasteiger partial charge in [-0.2, -0.15) is 0 Å². The van der Waals surface area contributed by atoms with Crippen molar-refractivity contribution in [3.8, 4) is 0 Å². The van der Waals surface area contributed by atoms with Crippen molar-refractivity contribution in [1.29, 1.82) is 0 Å². The number of fused-ring (bicyclic) bond motifs is 1. The molecule has 0 radical (unpaired) electrons. The molecule has 0 bridgehead atoms. The van der Waals surface area contributed by atoms with Crippen molar-refractivity contribution in [1.82, 2.24) is 14.5 Å². The van der Waals surface area contributed by atoms with Crippen LogP contribution >= 0.6 is 0 Å². The molecule has 5 nitrogen and oxygen atoms in total. The van der Waals surface area contributed by atoms with E-state index in [9.17, 15) is 9.59 Å². The van der Waals surface area contributed by atoms with Crippen LogP contribution in [0.25, 0.3) is 10.9 Å². The molecule has 0 aliphatic rings. The van der Waals surface area contributed by atoms with Crippen molar-refractivity contribution in [2.24, 2.45) is 18.4 Å². The molecule has 1 aromatic heterocycles. The molecule has 33 heavy (non-hydrogen) atoms. The van der Waals surface area contributed by atoms with Crippen molar-refractivity contribution in [2.45, 2.75) is 59.9 Å². The molecule has 1 amide bonds. The van der Waals surface area contributed by atoms with Gasteiger partial charge in [-0.25, -0.2) is 4.98 Å². The largest absolute Gasteiger partial charge is 0.332 e. The highest BCUT2D eigenvalue weighted by atomic mass is 16.2. The number of carbonyl (C=O) groups excluding carboxylic acids is 1. The second-order valence-corrected chi connectivity index (χ2v) is 10.4. The Labute approximate surface area is 197 Å². The normalized spacial score (nSPS) is 13.6. The van der Waals surface area contributed by atoms with Gasteiger partial charge in [0.15, 0.2) is 0 Å². The monoisotopic (exact) mass is 447 g/mol. The van der Waals surface area contributed by atoms with Crippen LogP contribution in [-0.2, 0) is 18.3 Å². The number of nitrogens with zero attached hydrogens (tertiary/aromatic N) is 3. The first-order valence-corrected chi connectivity index (χ1v) is 11.9. The lowest BCUT2D eigenvalue weighted by molar-refractivity contribution is -0.134. The Morgan fingerprint density at radius 2 is 1.67 bits per heavy atom. The lowest BCUT2D eigenvalue weighted by atomic mass is 9.84. The molecule has 0 saturated heterocycles. The number of amides is 1. The van der Waals surface area contributed by atoms with E-state index in [2.05, 4.69) is 39.8 Å². The predicted octanol–water partition coefficient (Wildman–Crippen LogP) is 5.53. The molecule has 0 aliphatic carbocycles. The minimum atomic E-state index is -0.314. The number of hydrogen-bond donors (Lipinski definition) is 0. The SMILES string of the molecule is CC(CC(=O)N(CCc1ccccc1)C(C)c1nc2ccccc2c(=O)n1C)CC(C)(C)C. The number of benzene rings is 2. The molecule has 0 fully saturated rings. The average Bonchev–Trinajstić information content (AvgIpc) is 2.75. The molecule has 5 heteroatoms. The summed E-state index contributed by atoms with van der Waals surface area (Å²) in [5.74, 6) is 0.999. The number of hydrogen-bond acceptors (Lipinski definition) is 3. The van der Waals surface area contributed by atoms with Gasteiger partial charge in [-0.3, -0.25) is 14.2 Å². The van der Waals surface area contributed by atoms with Crippen molar-refractivity contribution >= 4 is 16.8 Å². The van der Waals surface area contributed by atoms with Crippen molar-refractivity contribution in [2.75, 3.05) is 6.54 Å². The Kier molecular flexibility index (Phi) is 7.72. The molecule has 0 N–H and O–H groups in total. The maximum absolute atomic E-state index is 13.5. The van der Waals surface area contributed by atoms with Gasteiger partial charge in [0.05, 0.1) is 16.9 Å². The molecule has 3 aromatic rings.